The van der Waals surface area contributed by atoms with Crippen molar-refractivity contribution in [2.75, 3.05) is 7.05 Å². The van der Waals surface area contributed by atoms with Gasteiger partial charge in [0, 0.05) is 40.7 Å². The Morgan fingerprint density at radius 2 is 2.33 bits per heavy atom. The molecule has 2 aromatic rings. The van der Waals surface area contributed by atoms with Gasteiger partial charge < -0.3 is 10.6 Å². The van der Waals surface area contributed by atoms with Crippen LogP contribution in [0.1, 0.15) is 34.7 Å². The second-order valence-electron chi connectivity index (χ2n) is 5.73. The van der Waals surface area contributed by atoms with Crippen molar-refractivity contribution < 1.29 is 4.39 Å². The van der Waals surface area contributed by atoms with Crippen LogP contribution in [0.3, 0.4) is 0 Å². The highest BCUT2D eigenvalue weighted by Gasteiger charge is 2.41. The van der Waals surface area contributed by atoms with Gasteiger partial charge in [0.2, 0.25) is 0 Å². The second-order valence-corrected chi connectivity index (χ2v) is 7.33. The Labute approximate surface area is 150 Å². The van der Waals surface area contributed by atoms with E-state index in [0.29, 0.717) is 23.1 Å². The molecule has 128 valence electrons. The number of aliphatic imine (C=N–C) groups is 1. The summed E-state index contributed by atoms with van der Waals surface area (Å²) >= 11 is 7.83. The van der Waals surface area contributed by atoms with Crippen LogP contribution in [-0.2, 0) is 13.0 Å². The lowest BCUT2D eigenvalue weighted by Gasteiger charge is -2.11. The number of hydrogen-bond donors (Lipinski definition) is 2. The van der Waals surface area contributed by atoms with Gasteiger partial charge in [-0.3, -0.25) is 4.99 Å². The molecule has 1 aromatic carbocycles. The summed E-state index contributed by atoms with van der Waals surface area (Å²) in [5.41, 5.74) is 0.597. The quantitative estimate of drug-likeness (QED) is 0.626. The molecule has 2 atom stereocenters. The average Bonchev–Trinajstić information content (AvgIpc) is 3.15. The van der Waals surface area contributed by atoms with Gasteiger partial charge in [-0.2, -0.15) is 0 Å². The van der Waals surface area contributed by atoms with Crippen molar-refractivity contribution in [3.05, 3.63) is 50.7 Å². The highest BCUT2D eigenvalue weighted by molar-refractivity contribution is 7.11. The van der Waals surface area contributed by atoms with E-state index in [2.05, 4.69) is 27.5 Å². The van der Waals surface area contributed by atoms with Gasteiger partial charge in [0.1, 0.15) is 10.8 Å². The van der Waals surface area contributed by atoms with Gasteiger partial charge in [-0.15, -0.1) is 11.3 Å². The molecule has 1 fully saturated rings. The molecule has 0 aliphatic heterocycles. The topological polar surface area (TPSA) is 49.3 Å². The summed E-state index contributed by atoms with van der Waals surface area (Å²) in [6, 6.07) is 4.96. The monoisotopic (exact) mass is 366 g/mol. The molecule has 0 bridgehead atoms. The Balaban J connectivity index is 1.55. The van der Waals surface area contributed by atoms with E-state index in [-0.39, 0.29) is 17.8 Å². The molecule has 1 saturated carbocycles. The molecule has 0 radical (unpaired) electrons. The largest absolute Gasteiger partial charge is 0.353 e. The standard InChI is InChI=1S/C17H20ClFN4S/c1-3-10-8-21-15(24-10)9-22-17(20-2)23-14-7-11(14)16-12(18)5-4-6-13(16)19/h4-6,8,11,14H,3,7,9H2,1-2H3,(H2,20,22,23). The summed E-state index contributed by atoms with van der Waals surface area (Å²) < 4.78 is 14.0. The van der Waals surface area contributed by atoms with Crippen molar-refractivity contribution in [3.63, 3.8) is 0 Å². The van der Waals surface area contributed by atoms with E-state index in [1.807, 2.05) is 6.20 Å². The van der Waals surface area contributed by atoms with Crippen molar-refractivity contribution in [3.8, 4) is 0 Å². The normalized spacial score (nSPS) is 20.1. The summed E-state index contributed by atoms with van der Waals surface area (Å²) in [6.07, 6.45) is 3.76. The molecule has 1 aliphatic carbocycles. The number of nitrogens with zero attached hydrogens (tertiary/aromatic N) is 2. The van der Waals surface area contributed by atoms with E-state index in [4.69, 9.17) is 11.6 Å². The third-order valence-corrected chi connectivity index (χ3v) is 5.53. The first kappa shape index (κ1) is 17.2. The molecule has 24 heavy (non-hydrogen) atoms. The number of thiazole rings is 1. The number of nitrogens with one attached hydrogen (secondary N) is 2. The van der Waals surface area contributed by atoms with Crippen LogP contribution in [0.25, 0.3) is 0 Å². The number of benzene rings is 1. The first-order valence-corrected chi connectivity index (χ1v) is 9.16. The fraction of sp³-hybridized carbons (Fsp3) is 0.412. The number of halogens is 2. The van der Waals surface area contributed by atoms with E-state index in [1.54, 1.807) is 30.5 Å². The zero-order chi connectivity index (χ0) is 17.1. The Bertz CT molecular complexity index is 726. The van der Waals surface area contributed by atoms with Crippen LogP contribution in [0, 0.1) is 5.82 Å². The molecule has 2 unspecified atom stereocenters. The summed E-state index contributed by atoms with van der Waals surface area (Å²) in [7, 11) is 1.72. The van der Waals surface area contributed by atoms with E-state index >= 15 is 0 Å². The van der Waals surface area contributed by atoms with Gasteiger partial charge in [-0.25, -0.2) is 9.37 Å². The molecular weight excluding hydrogens is 347 g/mol. The average molecular weight is 367 g/mol. The molecule has 7 heteroatoms. The maximum Gasteiger partial charge on any atom is 0.191 e. The van der Waals surface area contributed by atoms with Gasteiger partial charge in [-0.05, 0) is 25.0 Å². The summed E-state index contributed by atoms with van der Waals surface area (Å²) in [5, 5.41) is 8.10. The number of aryl methyl sites for hydroxylation is 1. The van der Waals surface area contributed by atoms with Crippen LogP contribution in [0.4, 0.5) is 4.39 Å². The first-order chi connectivity index (χ1) is 11.6. The van der Waals surface area contributed by atoms with Crippen molar-refractivity contribution in [1.82, 2.24) is 15.6 Å². The first-order valence-electron chi connectivity index (χ1n) is 7.97. The number of rotatable bonds is 5. The molecule has 1 aromatic heterocycles. The molecule has 2 N–H and O–H groups in total. The number of aromatic nitrogens is 1. The molecule has 0 amide bonds. The summed E-state index contributed by atoms with van der Waals surface area (Å²) in [6.45, 7) is 2.74. The molecule has 0 spiro atoms. The molecule has 1 aliphatic rings. The lowest BCUT2D eigenvalue weighted by Crippen LogP contribution is -2.38. The van der Waals surface area contributed by atoms with Crippen LogP contribution in [0.15, 0.2) is 29.4 Å². The van der Waals surface area contributed by atoms with Crippen LogP contribution >= 0.6 is 22.9 Å². The van der Waals surface area contributed by atoms with Gasteiger partial charge >= 0.3 is 0 Å². The minimum atomic E-state index is -0.241. The highest BCUT2D eigenvalue weighted by atomic mass is 35.5. The highest BCUT2D eigenvalue weighted by Crippen LogP contribution is 2.44. The molecule has 4 nitrogen and oxygen atoms in total. The van der Waals surface area contributed by atoms with Crippen LogP contribution in [0.2, 0.25) is 5.02 Å². The maximum absolute atomic E-state index is 14.0. The number of guanidine groups is 1. The zero-order valence-electron chi connectivity index (χ0n) is 13.6. The summed E-state index contributed by atoms with van der Waals surface area (Å²) in [4.78, 5) is 9.88. The van der Waals surface area contributed by atoms with E-state index in [1.165, 1.54) is 10.9 Å². The van der Waals surface area contributed by atoms with Crippen LogP contribution in [0.5, 0.6) is 0 Å². The van der Waals surface area contributed by atoms with Gasteiger partial charge in [0.05, 0.1) is 6.54 Å². The minimum absolute atomic E-state index is 0.0869. The Hall–Kier alpha value is -1.66. The predicted molar refractivity (Wildman–Crippen MR) is 97.4 cm³/mol. The third-order valence-electron chi connectivity index (χ3n) is 4.06. The lowest BCUT2D eigenvalue weighted by molar-refractivity contribution is 0.608. The van der Waals surface area contributed by atoms with E-state index in [0.717, 1.165) is 17.8 Å². The molecule has 1 heterocycles. The Morgan fingerprint density at radius 1 is 1.50 bits per heavy atom. The number of hydrogen-bond acceptors (Lipinski definition) is 3. The molecule has 0 saturated heterocycles. The second kappa shape index (κ2) is 7.49. The molecule has 3 rings (SSSR count). The smallest absolute Gasteiger partial charge is 0.191 e. The fourth-order valence-electron chi connectivity index (χ4n) is 2.66. The Kier molecular flexibility index (Phi) is 5.36. The molecular formula is C17H20ClFN4S. The SMILES string of the molecule is CCc1cnc(CNC(=NC)NC2CC2c2c(F)cccc2Cl)s1. The Morgan fingerprint density at radius 3 is 3.00 bits per heavy atom. The lowest BCUT2D eigenvalue weighted by atomic mass is 10.1. The minimum Gasteiger partial charge on any atom is -0.353 e. The van der Waals surface area contributed by atoms with Crippen molar-refractivity contribution in [2.45, 2.75) is 38.3 Å². The zero-order valence-corrected chi connectivity index (χ0v) is 15.2. The third kappa shape index (κ3) is 3.87. The van der Waals surface area contributed by atoms with Crippen LogP contribution < -0.4 is 10.6 Å². The van der Waals surface area contributed by atoms with Crippen LogP contribution in [-0.4, -0.2) is 24.0 Å². The van der Waals surface area contributed by atoms with Gasteiger partial charge in [0.15, 0.2) is 5.96 Å². The summed E-state index contributed by atoms with van der Waals surface area (Å²) in [5.74, 6) is 0.543. The van der Waals surface area contributed by atoms with Crippen molar-refractivity contribution >= 4 is 28.9 Å². The van der Waals surface area contributed by atoms with Gasteiger partial charge in [-0.1, -0.05) is 24.6 Å². The van der Waals surface area contributed by atoms with E-state index in [9.17, 15) is 4.39 Å². The van der Waals surface area contributed by atoms with Crippen molar-refractivity contribution in [2.24, 2.45) is 4.99 Å². The van der Waals surface area contributed by atoms with Crippen molar-refractivity contribution in [1.29, 1.82) is 0 Å². The predicted octanol–water partition coefficient (Wildman–Crippen LogP) is 3.72. The van der Waals surface area contributed by atoms with Gasteiger partial charge in [0.25, 0.3) is 0 Å². The maximum atomic E-state index is 14.0. The fourth-order valence-corrected chi connectivity index (χ4v) is 3.77. The van der Waals surface area contributed by atoms with E-state index < -0.39 is 0 Å².